The number of carbonyl (C=O) groups is 2. The van der Waals surface area contributed by atoms with Crippen molar-refractivity contribution in [3.05, 3.63) is 102 Å². The highest BCUT2D eigenvalue weighted by Crippen LogP contribution is 2.26. The first-order chi connectivity index (χ1) is 20.1. The van der Waals surface area contributed by atoms with Gasteiger partial charge in [-0.1, -0.05) is 80.3 Å². The molecule has 1 aromatic heterocycles. The number of nitrogens with zero attached hydrogens (tertiary/aromatic N) is 3. The molecule has 0 aliphatic heterocycles. The fourth-order valence-electron chi connectivity index (χ4n) is 5.84. The van der Waals surface area contributed by atoms with Crippen LogP contribution in [0.5, 0.6) is 0 Å². The van der Waals surface area contributed by atoms with E-state index in [1.807, 2.05) is 42.5 Å². The van der Waals surface area contributed by atoms with Gasteiger partial charge in [0.2, 0.25) is 5.91 Å². The minimum Gasteiger partial charge on any atom is -0.352 e. The van der Waals surface area contributed by atoms with Crippen LogP contribution in [-0.2, 0) is 24.3 Å². The predicted octanol–water partition coefficient (Wildman–Crippen LogP) is 6.68. The van der Waals surface area contributed by atoms with Crippen LogP contribution in [-0.4, -0.2) is 38.9 Å². The standard InChI is InChI=1S/C34H39FN4O2/c35-29-19-10-9-18-28(29)34(41)36-23-13-3-8-22-32-37-30-20-11-12-21-31(30)39(32)25-33(40)38(27-16-6-2-7-17-27)24-26-14-4-1-5-15-26/h1,4-5,9-12,14-15,18-21,27H,2-3,6-8,13,16-17,22-25H2,(H,36,41). The third-order valence-corrected chi connectivity index (χ3v) is 8.04. The number of hydrogen-bond donors (Lipinski definition) is 1. The average molecular weight is 555 g/mol. The highest BCUT2D eigenvalue weighted by Gasteiger charge is 2.27. The zero-order chi connectivity index (χ0) is 28.4. The minimum absolute atomic E-state index is 0.0698. The number of nitrogens with one attached hydrogen (secondary N) is 1. The molecule has 0 spiro atoms. The zero-order valence-corrected chi connectivity index (χ0v) is 23.6. The lowest BCUT2D eigenvalue weighted by molar-refractivity contribution is -0.135. The molecule has 1 aliphatic rings. The zero-order valence-electron chi connectivity index (χ0n) is 23.6. The van der Waals surface area contributed by atoms with Gasteiger partial charge in [0.25, 0.3) is 5.91 Å². The number of aryl methyl sites for hydroxylation is 1. The third kappa shape index (κ3) is 7.40. The second-order valence-corrected chi connectivity index (χ2v) is 10.9. The maximum absolute atomic E-state index is 13.9. The molecule has 6 nitrogen and oxygen atoms in total. The van der Waals surface area contributed by atoms with Crippen molar-refractivity contribution in [3.8, 4) is 0 Å². The number of fused-ring (bicyclic) bond motifs is 1. The number of aromatic nitrogens is 2. The van der Waals surface area contributed by atoms with Gasteiger partial charge in [0.15, 0.2) is 0 Å². The number of benzene rings is 3. The lowest BCUT2D eigenvalue weighted by Crippen LogP contribution is -2.42. The Labute approximate surface area is 241 Å². The maximum Gasteiger partial charge on any atom is 0.254 e. The minimum atomic E-state index is -0.510. The number of halogens is 1. The molecule has 1 fully saturated rings. The number of para-hydroxylation sites is 2. The summed E-state index contributed by atoms with van der Waals surface area (Å²) < 4.78 is 15.9. The Balaban J connectivity index is 1.22. The Morgan fingerprint density at radius 2 is 1.61 bits per heavy atom. The number of hydrogen-bond acceptors (Lipinski definition) is 3. The maximum atomic E-state index is 13.9. The van der Waals surface area contributed by atoms with Gasteiger partial charge in [-0.2, -0.15) is 0 Å². The molecule has 1 saturated carbocycles. The monoisotopic (exact) mass is 554 g/mol. The highest BCUT2D eigenvalue weighted by molar-refractivity contribution is 5.94. The fourth-order valence-corrected chi connectivity index (χ4v) is 5.84. The van der Waals surface area contributed by atoms with E-state index in [-0.39, 0.29) is 30.0 Å². The van der Waals surface area contributed by atoms with Gasteiger partial charge in [-0.05, 0) is 55.5 Å². The van der Waals surface area contributed by atoms with Crippen LogP contribution in [0.4, 0.5) is 4.39 Å². The van der Waals surface area contributed by atoms with E-state index in [0.29, 0.717) is 13.1 Å². The van der Waals surface area contributed by atoms with Crippen LogP contribution in [0.15, 0.2) is 78.9 Å². The summed E-state index contributed by atoms with van der Waals surface area (Å²) >= 11 is 0. The molecule has 4 aromatic rings. The van der Waals surface area contributed by atoms with Crippen LogP contribution in [0.3, 0.4) is 0 Å². The molecule has 0 radical (unpaired) electrons. The topological polar surface area (TPSA) is 67.2 Å². The van der Waals surface area contributed by atoms with Crippen molar-refractivity contribution in [2.24, 2.45) is 0 Å². The van der Waals surface area contributed by atoms with Crippen molar-refractivity contribution in [1.29, 1.82) is 0 Å². The van der Waals surface area contributed by atoms with E-state index in [0.717, 1.165) is 60.9 Å². The normalized spacial score (nSPS) is 13.8. The summed E-state index contributed by atoms with van der Waals surface area (Å²) in [7, 11) is 0. The second kappa shape index (κ2) is 14.1. The van der Waals surface area contributed by atoms with E-state index in [1.54, 1.807) is 12.1 Å². The summed E-state index contributed by atoms with van der Waals surface area (Å²) in [4.78, 5) is 33.2. The lowest BCUT2D eigenvalue weighted by atomic mass is 9.93. The van der Waals surface area contributed by atoms with Crippen molar-refractivity contribution in [1.82, 2.24) is 19.8 Å². The molecule has 1 heterocycles. The SMILES string of the molecule is O=C(NCCCCCc1nc2ccccc2n1CC(=O)N(Cc1ccccc1)C1CCCCC1)c1ccccc1F. The van der Waals surface area contributed by atoms with Crippen molar-refractivity contribution in [2.75, 3.05) is 6.54 Å². The molecule has 5 rings (SSSR count). The summed E-state index contributed by atoms with van der Waals surface area (Å²) in [5.74, 6) is 0.157. The van der Waals surface area contributed by atoms with Crippen LogP contribution >= 0.6 is 0 Å². The van der Waals surface area contributed by atoms with Crippen molar-refractivity contribution < 1.29 is 14.0 Å². The van der Waals surface area contributed by atoms with Gasteiger partial charge in [0.1, 0.15) is 18.2 Å². The van der Waals surface area contributed by atoms with Crippen LogP contribution in [0.2, 0.25) is 0 Å². The van der Waals surface area contributed by atoms with E-state index in [2.05, 4.69) is 26.9 Å². The van der Waals surface area contributed by atoms with E-state index >= 15 is 0 Å². The summed E-state index contributed by atoms with van der Waals surface area (Å²) in [5, 5.41) is 2.81. The van der Waals surface area contributed by atoms with Gasteiger partial charge in [0, 0.05) is 25.6 Å². The Morgan fingerprint density at radius 3 is 2.41 bits per heavy atom. The molecular formula is C34H39FN4O2. The lowest BCUT2D eigenvalue weighted by Gasteiger charge is -2.35. The summed E-state index contributed by atoms with van der Waals surface area (Å²) in [6.45, 7) is 1.39. The Bertz CT molecular complexity index is 1450. The molecular weight excluding hydrogens is 515 g/mol. The first-order valence-corrected chi connectivity index (χ1v) is 14.9. The van der Waals surface area contributed by atoms with E-state index in [1.165, 1.54) is 31.4 Å². The molecule has 214 valence electrons. The molecule has 1 N–H and O–H groups in total. The van der Waals surface area contributed by atoms with Crippen molar-refractivity contribution in [3.63, 3.8) is 0 Å². The second-order valence-electron chi connectivity index (χ2n) is 10.9. The molecule has 0 saturated heterocycles. The van der Waals surface area contributed by atoms with Gasteiger partial charge in [-0.25, -0.2) is 9.37 Å². The fraction of sp³-hybridized carbons (Fsp3) is 0.382. The van der Waals surface area contributed by atoms with Crippen LogP contribution in [0, 0.1) is 5.82 Å². The Hall–Kier alpha value is -4.00. The summed E-state index contributed by atoms with van der Waals surface area (Å²) in [6.07, 6.45) is 8.99. The molecule has 2 amide bonds. The Morgan fingerprint density at radius 1 is 0.878 bits per heavy atom. The molecule has 41 heavy (non-hydrogen) atoms. The molecule has 3 aromatic carbocycles. The van der Waals surface area contributed by atoms with E-state index in [9.17, 15) is 14.0 Å². The van der Waals surface area contributed by atoms with Gasteiger partial charge in [0.05, 0.1) is 16.6 Å². The summed E-state index contributed by atoms with van der Waals surface area (Å²) in [6, 6.07) is 24.6. The van der Waals surface area contributed by atoms with Crippen LogP contribution in [0.1, 0.15) is 73.1 Å². The van der Waals surface area contributed by atoms with Crippen molar-refractivity contribution in [2.45, 2.75) is 76.9 Å². The number of rotatable bonds is 12. The number of unbranched alkanes of at least 4 members (excludes halogenated alkanes) is 2. The molecule has 0 bridgehead atoms. The molecule has 7 heteroatoms. The predicted molar refractivity (Wildman–Crippen MR) is 160 cm³/mol. The number of amides is 2. The number of carbonyl (C=O) groups excluding carboxylic acids is 2. The van der Waals surface area contributed by atoms with Gasteiger partial charge in [-0.15, -0.1) is 0 Å². The van der Waals surface area contributed by atoms with E-state index in [4.69, 9.17) is 4.98 Å². The van der Waals surface area contributed by atoms with Gasteiger partial charge in [-0.3, -0.25) is 9.59 Å². The summed E-state index contributed by atoms with van der Waals surface area (Å²) in [5.41, 5.74) is 3.11. The average Bonchev–Trinajstić information content (AvgIpc) is 3.35. The quantitative estimate of drug-likeness (QED) is 0.199. The Kier molecular flexibility index (Phi) is 9.78. The molecule has 0 atom stereocenters. The highest BCUT2D eigenvalue weighted by atomic mass is 19.1. The van der Waals surface area contributed by atoms with Crippen molar-refractivity contribution >= 4 is 22.8 Å². The number of imidazole rings is 1. The third-order valence-electron chi connectivity index (χ3n) is 8.04. The van der Waals surface area contributed by atoms with Gasteiger partial charge < -0.3 is 14.8 Å². The van der Waals surface area contributed by atoms with E-state index < -0.39 is 5.82 Å². The molecule has 0 unspecified atom stereocenters. The van der Waals surface area contributed by atoms with Crippen LogP contribution < -0.4 is 5.32 Å². The molecule has 1 aliphatic carbocycles. The smallest absolute Gasteiger partial charge is 0.254 e. The van der Waals surface area contributed by atoms with Gasteiger partial charge >= 0.3 is 0 Å². The largest absolute Gasteiger partial charge is 0.352 e. The van der Waals surface area contributed by atoms with Crippen LogP contribution in [0.25, 0.3) is 11.0 Å². The first kappa shape index (κ1) is 28.5. The first-order valence-electron chi connectivity index (χ1n) is 14.9.